The molecule has 0 unspecified atom stereocenters. The third kappa shape index (κ3) is 6.93. The maximum Gasteiger partial charge on any atom is 0.267 e. The Hall–Kier alpha value is -1.05. The minimum atomic E-state index is -4.31. The number of hydrogen-bond acceptors (Lipinski definition) is 3. The lowest BCUT2D eigenvalue weighted by Gasteiger charge is -2.27. The molecule has 0 heterocycles. The molecular formula is C13H19F2NO3S. The first-order valence-electron chi connectivity index (χ1n) is 6.16. The van der Waals surface area contributed by atoms with Crippen LogP contribution in [-0.4, -0.2) is 37.0 Å². The number of nitrogens with one attached hydrogen (secondary N) is 1. The third-order valence-electron chi connectivity index (χ3n) is 2.75. The van der Waals surface area contributed by atoms with E-state index in [1.807, 2.05) is 13.8 Å². The fourth-order valence-corrected chi connectivity index (χ4v) is 2.42. The van der Waals surface area contributed by atoms with Crippen molar-refractivity contribution in [2.75, 3.05) is 12.3 Å². The fourth-order valence-electron chi connectivity index (χ4n) is 1.85. The van der Waals surface area contributed by atoms with Crippen LogP contribution < -0.4 is 5.32 Å². The van der Waals surface area contributed by atoms with Crippen molar-refractivity contribution < 1.29 is 21.8 Å². The van der Waals surface area contributed by atoms with E-state index in [2.05, 4.69) is 5.32 Å². The van der Waals surface area contributed by atoms with Gasteiger partial charge in [0.05, 0.1) is 0 Å². The van der Waals surface area contributed by atoms with E-state index in [-0.39, 0.29) is 12.4 Å². The van der Waals surface area contributed by atoms with E-state index in [0.29, 0.717) is 6.42 Å². The zero-order chi connectivity index (χ0) is 15.4. The maximum absolute atomic E-state index is 13.4. The van der Waals surface area contributed by atoms with Gasteiger partial charge < -0.3 is 5.32 Å². The van der Waals surface area contributed by atoms with E-state index in [0.717, 1.165) is 5.56 Å². The van der Waals surface area contributed by atoms with Gasteiger partial charge in [-0.2, -0.15) is 8.42 Å². The number of hydrogen-bond donors (Lipinski definition) is 2. The van der Waals surface area contributed by atoms with Crippen molar-refractivity contribution in [1.29, 1.82) is 0 Å². The van der Waals surface area contributed by atoms with Crippen LogP contribution >= 0.6 is 0 Å². The van der Waals surface area contributed by atoms with Crippen LogP contribution in [-0.2, 0) is 16.5 Å². The van der Waals surface area contributed by atoms with Gasteiger partial charge in [0.15, 0.2) is 0 Å². The summed E-state index contributed by atoms with van der Waals surface area (Å²) < 4.78 is 55.8. The first-order valence-corrected chi connectivity index (χ1v) is 7.77. The van der Waals surface area contributed by atoms with Gasteiger partial charge in [0.1, 0.15) is 17.7 Å². The zero-order valence-corrected chi connectivity index (χ0v) is 12.3. The molecule has 1 rings (SSSR count). The summed E-state index contributed by atoms with van der Waals surface area (Å²) in [6.45, 7) is 3.47. The van der Waals surface area contributed by atoms with Gasteiger partial charge in [0.25, 0.3) is 10.1 Å². The Balaban J connectivity index is 2.51. The number of halogens is 2. The van der Waals surface area contributed by atoms with Gasteiger partial charge in [-0.15, -0.1) is 0 Å². The summed E-state index contributed by atoms with van der Waals surface area (Å²) in [6.07, 6.45) is -1.15. The normalized spacial score (nSPS) is 14.2. The molecule has 1 atom stereocenters. The van der Waals surface area contributed by atoms with Crippen LogP contribution in [0.2, 0.25) is 0 Å². The van der Waals surface area contributed by atoms with Crippen LogP contribution in [0.1, 0.15) is 19.4 Å². The van der Waals surface area contributed by atoms with Crippen molar-refractivity contribution in [3.05, 3.63) is 35.6 Å². The smallest absolute Gasteiger partial charge is 0.267 e. The Morgan fingerprint density at radius 3 is 2.35 bits per heavy atom. The molecular weight excluding hydrogens is 288 g/mol. The van der Waals surface area contributed by atoms with Gasteiger partial charge in [-0.1, -0.05) is 12.1 Å². The van der Waals surface area contributed by atoms with Crippen molar-refractivity contribution >= 4 is 10.1 Å². The van der Waals surface area contributed by atoms with Crippen LogP contribution in [0.15, 0.2) is 24.3 Å². The lowest BCUT2D eigenvalue weighted by atomic mass is 9.95. The molecule has 0 aliphatic heterocycles. The van der Waals surface area contributed by atoms with Gasteiger partial charge in [-0.25, -0.2) is 8.78 Å². The molecule has 0 aliphatic carbocycles. The molecule has 0 spiro atoms. The highest BCUT2D eigenvalue weighted by molar-refractivity contribution is 7.85. The quantitative estimate of drug-likeness (QED) is 0.756. The summed E-state index contributed by atoms with van der Waals surface area (Å²) in [5.74, 6) is -1.25. The van der Waals surface area contributed by atoms with Crippen LogP contribution in [0.4, 0.5) is 8.78 Å². The summed E-state index contributed by atoms with van der Waals surface area (Å²) in [7, 11) is -4.31. The van der Waals surface area contributed by atoms with E-state index in [9.17, 15) is 17.2 Å². The molecule has 1 aromatic rings. The summed E-state index contributed by atoms with van der Waals surface area (Å²) in [4.78, 5) is 0. The molecule has 0 radical (unpaired) electrons. The number of alkyl halides is 1. The highest BCUT2D eigenvalue weighted by Crippen LogP contribution is 2.13. The van der Waals surface area contributed by atoms with Crippen LogP contribution in [0.5, 0.6) is 0 Å². The lowest BCUT2D eigenvalue weighted by Crippen LogP contribution is -2.45. The lowest BCUT2D eigenvalue weighted by molar-refractivity contribution is 0.290. The van der Waals surface area contributed by atoms with E-state index in [1.54, 1.807) is 12.1 Å². The highest BCUT2D eigenvalue weighted by Gasteiger charge is 2.22. The monoisotopic (exact) mass is 307 g/mol. The molecule has 7 heteroatoms. The second-order valence-electron chi connectivity index (χ2n) is 5.41. The summed E-state index contributed by atoms with van der Waals surface area (Å²) in [5.41, 5.74) is 0.399. The van der Waals surface area contributed by atoms with E-state index in [1.165, 1.54) is 12.1 Å². The van der Waals surface area contributed by atoms with Gasteiger partial charge in [0, 0.05) is 12.1 Å². The molecule has 20 heavy (non-hydrogen) atoms. The summed E-state index contributed by atoms with van der Waals surface area (Å²) in [5, 5.41) is 2.90. The predicted octanol–water partition coefficient (Wildman–Crippen LogP) is 1.96. The van der Waals surface area contributed by atoms with Crippen LogP contribution in [0.3, 0.4) is 0 Å². The first kappa shape index (κ1) is 17.0. The minimum absolute atomic E-state index is 0.187. The largest absolute Gasteiger partial charge is 0.309 e. The minimum Gasteiger partial charge on any atom is -0.309 e. The van der Waals surface area contributed by atoms with Crippen molar-refractivity contribution in [2.45, 2.75) is 32.0 Å². The number of benzene rings is 1. The molecule has 0 amide bonds. The molecule has 114 valence electrons. The summed E-state index contributed by atoms with van der Waals surface area (Å²) >= 11 is 0. The molecule has 0 bridgehead atoms. The van der Waals surface area contributed by atoms with Crippen molar-refractivity contribution in [2.24, 2.45) is 0 Å². The maximum atomic E-state index is 13.4. The fraction of sp³-hybridized carbons (Fsp3) is 0.538. The summed E-state index contributed by atoms with van der Waals surface area (Å²) in [6, 6.07) is 5.98. The van der Waals surface area contributed by atoms with Gasteiger partial charge in [-0.3, -0.25) is 4.55 Å². The zero-order valence-electron chi connectivity index (χ0n) is 11.4. The third-order valence-corrected chi connectivity index (χ3v) is 3.54. The second-order valence-corrected chi connectivity index (χ2v) is 6.91. The average molecular weight is 307 g/mol. The average Bonchev–Trinajstić information content (AvgIpc) is 2.27. The van der Waals surface area contributed by atoms with Gasteiger partial charge in [0.2, 0.25) is 0 Å². The van der Waals surface area contributed by atoms with E-state index in [4.69, 9.17) is 4.55 Å². The SMILES string of the molecule is CC(C)(Cc1ccc(F)cc1)NC[C@@H](F)CS(=O)(=O)O. The van der Waals surface area contributed by atoms with Crippen molar-refractivity contribution in [3.8, 4) is 0 Å². The standard InChI is InChI=1S/C13H19F2NO3S/c1-13(2,7-10-3-5-11(14)6-4-10)16-8-12(15)9-20(17,18)19/h3-6,12,16H,7-9H2,1-2H3,(H,17,18,19)/t12-/m1/s1. The van der Waals surface area contributed by atoms with E-state index >= 15 is 0 Å². The van der Waals surface area contributed by atoms with Gasteiger partial charge in [-0.05, 0) is 38.0 Å². The Morgan fingerprint density at radius 1 is 1.30 bits per heavy atom. The number of rotatable bonds is 7. The van der Waals surface area contributed by atoms with Crippen molar-refractivity contribution in [1.82, 2.24) is 5.32 Å². The Bertz CT molecular complexity index is 529. The molecule has 0 saturated carbocycles. The highest BCUT2D eigenvalue weighted by atomic mass is 32.2. The van der Waals surface area contributed by atoms with E-state index < -0.39 is 27.6 Å². The Kier molecular flexibility index (Phi) is 5.61. The molecule has 0 fully saturated rings. The molecule has 0 aromatic heterocycles. The van der Waals surface area contributed by atoms with Crippen LogP contribution in [0, 0.1) is 5.82 Å². The Morgan fingerprint density at radius 2 is 1.85 bits per heavy atom. The molecule has 2 N–H and O–H groups in total. The Labute approximate surface area is 117 Å². The molecule has 4 nitrogen and oxygen atoms in total. The van der Waals surface area contributed by atoms with Crippen molar-refractivity contribution in [3.63, 3.8) is 0 Å². The molecule has 0 saturated heterocycles. The van der Waals surface area contributed by atoms with Gasteiger partial charge >= 0.3 is 0 Å². The molecule has 1 aromatic carbocycles. The molecule has 0 aliphatic rings. The van der Waals surface area contributed by atoms with Crippen LogP contribution in [0.25, 0.3) is 0 Å². The predicted molar refractivity (Wildman–Crippen MR) is 73.5 cm³/mol. The first-order chi connectivity index (χ1) is 9.07. The topological polar surface area (TPSA) is 66.4 Å². The second kappa shape index (κ2) is 6.60.